The van der Waals surface area contributed by atoms with Crippen molar-refractivity contribution in [2.45, 2.75) is 13.3 Å². The first-order chi connectivity index (χ1) is 7.20. The second-order valence-electron chi connectivity index (χ2n) is 4.30. The Hall–Kier alpha value is -1.38. The first-order valence-corrected chi connectivity index (χ1v) is 5.34. The third kappa shape index (κ3) is 2.01. The summed E-state index contributed by atoms with van der Waals surface area (Å²) in [5.74, 6) is 0.719. The molecule has 0 aliphatic carbocycles. The minimum atomic E-state index is 0.719. The van der Waals surface area contributed by atoms with Crippen molar-refractivity contribution in [2.75, 3.05) is 25.5 Å². The van der Waals surface area contributed by atoms with Gasteiger partial charge in [-0.3, -0.25) is 0 Å². The fraction of sp³-hybridized carbons (Fsp3) is 0.500. The number of fused-ring (bicyclic) bond motifs is 1. The third-order valence-corrected chi connectivity index (χ3v) is 2.84. The number of rotatable bonds is 1. The molecule has 1 atom stereocenters. The number of azo groups is 1. The van der Waals surface area contributed by atoms with Crippen LogP contribution in [0.15, 0.2) is 28.4 Å². The van der Waals surface area contributed by atoms with E-state index >= 15 is 0 Å². The maximum absolute atomic E-state index is 4.07. The molecule has 0 spiro atoms. The Bertz CT molecular complexity index is 384. The van der Waals surface area contributed by atoms with Gasteiger partial charge >= 0.3 is 0 Å². The number of hydrogen-bond acceptors (Lipinski definition) is 3. The molecule has 0 saturated heterocycles. The zero-order chi connectivity index (χ0) is 10.8. The summed E-state index contributed by atoms with van der Waals surface area (Å²) in [5.41, 5.74) is 3.68. The van der Waals surface area contributed by atoms with Gasteiger partial charge in [0.15, 0.2) is 0 Å². The van der Waals surface area contributed by atoms with E-state index < -0.39 is 0 Å². The van der Waals surface area contributed by atoms with E-state index in [4.69, 9.17) is 0 Å². The van der Waals surface area contributed by atoms with Gasteiger partial charge in [-0.15, -0.1) is 0 Å². The largest absolute Gasteiger partial charge is 0.374 e. The molecule has 0 N–H and O–H groups in total. The molecule has 0 radical (unpaired) electrons. The number of benzene rings is 1. The van der Waals surface area contributed by atoms with Crippen molar-refractivity contribution in [1.82, 2.24) is 0 Å². The number of anilines is 1. The molecule has 80 valence electrons. The van der Waals surface area contributed by atoms with E-state index in [1.165, 1.54) is 11.3 Å². The average Bonchev–Trinajstić information content (AvgIpc) is 2.17. The molecule has 1 aromatic rings. The van der Waals surface area contributed by atoms with E-state index in [1.54, 1.807) is 7.05 Å². The Morgan fingerprint density at radius 2 is 2.20 bits per heavy atom. The second-order valence-corrected chi connectivity index (χ2v) is 4.30. The van der Waals surface area contributed by atoms with Gasteiger partial charge in [0.2, 0.25) is 0 Å². The molecule has 3 heteroatoms. The van der Waals surface area contributed by atoms with Gasteiger partial charge in [0.1, 0.15) is 0 Å². The van der Waals surface area contributed by atoms with Gasteiger partial charge in [0.05, 0.1) is 5.69 Å². The first-order valence-electron chi connectivity index (χ1n) is 5.34. The van der Waals surface area contributed by atoms with Crippen LogP contribution in [0.5, 0.6) is 0 Å². The molecule has 1 heterocycles. The van der Waals surface area contributed by atoms with Crippen LogP contribution in [-0.2, 0) is 6.42 Å². The van der Waals surface area contributed by atoms with Crippen LogP contribution in [0.4, 0.5) is 11.4 Å². The predicted molar refractivity (Wildman–Crippen MR) is 63.0 cm³/mol. The van der Waals surface area contributed by atoms with E-state index in [0.29, 0.717) is 0 Å². The molecule has 1 aliphatic heterocycles. The highest BCUT2D eigenvalue weighted by Gasteiger charge is 2.18. The first kappa shape index (κ1) is 10.1. The molecule has 0 amide bonds. The van der Waals surface area contributed by atoms with Crippen molar-refractivity contribution >= 4 is 11.4 Å². The van der Waals surface area contributed by atoms with Crippen LogP contribution < -0.4 is 4.90 Å². The SMILES string of the molecule is CN=Nc1ccc2c(c1)CC(C)CN2C. The zero-order valence-corrected chi connectivity index (χ0v) is 9.57. The average molecular weight is 203 g/mol. The fourth-order valence-corrected chi connectivity index (χ4v) is 2.29. The van der Waals surface area contributed by atoms with E-state index in [9.17, 15) is 0 Å². The molecule has 1 aliphatic rings. The van der Waals surface area contributed by atoms with Crippen molar-refractivity contribution in [3.05, 3.63) is 23.8 Å². The lowest BCUT2D eigenvalue weighted by atomic mass is 9.94. The molecule has 0 fully saturated rings. The number of nitrogens with zero attached hydrogens (tertiary/aromatic N) is 3. The Balaban J connectivity index is 2.38. The van der Waals surface area contributed by atoms with Gasteiger partial charge in [-0.2, -0.15) is 10.2 Å². The molecule has 1 unspecified atom stereocenters. The van der Waals surface area contributed by atoms with Crippen molar-refractivity contribution in [3.63, 3.8) is 0 Å². The van der Waals surface area contributed by atoms with Crippen molar-refractivity contribution in [3.8, 4) is 0 Å². The van der Waals surface area contributed by atoms with Gasteiger partial charge in [0.25, 0.3) is 0 Å². The molecule has 3 nitrogen and oxygen atoms in total. The molecule has 0 aromatic heterocycles. The normalized spacial score (nSPS) is 20.7. The minimum Gasteiger partial charge on any atom is -0.374 e. The molecular weight excluding hydrogens is 186 g/mol. The van der Waals surface area contributed by atoms with Gasteiger partial charge in [0, 0.05) is 26.3 Å². The minimum absolute atomic E-state index is 0.719. The molecule has 0 bridgehead atoms. The summed E-state index contributed by atoms with van der Waals surface area (Å²) in [6, 6.07) is 6.32. The summed E-state index contributed by atoms with van der Waals surface area (Å²) in [4.78, 5) is 2.32. The molecule has 15 heavy (non-hydrogen) atoms. The molecule has 2 rings (SSSR count). The smallest absolute Gasteiger partial charge is 0.0856 e. The van der Waals surface area contributed by atoms with Gasteiger partial charge in [-0.1, -0.05) is 6.92 Å². The summed E-state index contributed by atoms with van der Waals surface area (Å²) >= 11 is 0. The highest BCUT2D eigenvalue weighted by Crippen LogP contribution is 2.31. The van der Waals surface area contributed by atoms with E-state index in [2.05, 4.69) is 41.2 Å². The maximum Gasteiger partial charge on any atom is 0.0856 e. The maximum atomic E-state index is 4.07. The van der Waals surface area contributed by atoms with Crippen molar-refractivity contribution < 1.29 is 0 Å². The second kappa shape index (κ2) is 4.01. The van der Waals surface area contributed by atoms with E-state index in [1.807, 2.05) is 6.07 Å². The van der Waals surface area contributed by atoms with Crippen molar-refractivity contribution in [1.29, 1.82) is 0 Å². The summed E-state index contributed by atoms with van der Waals surface area (Å²) < 4.78 is 0. The quantitative estimate of drug-likeness (QED) is 0.645. The monoisotopic (exact) mass is 203 g/mol. The van der Waals surface area contributed by atoms with Crippen LogP contribution >= 0.6 is 0 Å². The third-order valence-electron chi connectivity index (χ3n) is 2.84. The van der Waals surface area contributed by atoms with Crippen LogP contribution in [0.25, 0.3) is 0 Å². The Kier molecular flexibility index (Phi) is 2.71. The van der Waals surface area contributed by atoms with E-state index in [-0.39, 0.29) is 0 Å². The molecule has 0 saturated carbocycles. The predicted octanol–water partition coefficient (Wildman–Crippen LogP) is 3.03. The summed E-state index contributed by atoms with van der Waals surface area (Å²) in [5, 5.41) is 7.88. The van der Waals surface area contributed by atoms with Gasteiger partial charge in [-0.05, 0) is 36.1 Å². The Morgan fingerprint density at radius 3 is 2.93 bits per heavy atom. The lowest BCUT2D eigenvalue weighted by Crippen LogP contribution is -2.30. The standard InChI is InChI=1S/C12H17N3/c1-9-6-10-7-11(14-13-2)4-5-12(10)15(3)8-9/h4-5,7,9H,6,8H2,1-3H3. The van der Waals surface area contributed by atoms with Crippen LogP contribution in [0.2, 0.25) is 0 Å². The Labute approximate surface area is 90.8 Å². The lowest BCUT2D eigenvalue weighted by molar-refractivity contribution is 0.552. The number of hydrogen-bond donors (Lipinski definition) is 0. The van der Waals surface area contributed by atoms with Gasteiger partial charge in [-0.25, -0.2) is 0 Å². The van der Waals surface area contributed by atoms with Crippen LogP contribution in [0, 0.1) is 5.92 Å². The van der Waals surface area contributed by atoms with Gasteiger partial charge < -0.3 is 4.90 Å². The topological polar surface area (TPSA) is 28.0 Å². The van der Waals surface area contributed by atoms with Crippen LogP contribution in [-0.4, -0.2) is 20.6 Å². The molecular formula is C12H17N3. The zero-order valence-electron chi connectivity index (χ0n) is 9.57. The van der Waals surface area contributed by atoms with Crippen LogP contribution in [0.1, 0.15) is 12.5 Å². The van der Waals surface area contributed by atoms with Crippen LogP contribution in [0.3, 0.4) is 0 Å². The van der Waals surface area contributed by atoms with E-state index in [0.717, 1.165) is 24.6 Å². The summed E-state index contributed by atoms with van der Waals surface area (Å²) in [7, 11) is 3.85. The fourth-order valence-electron chi connectivity index (χ4n) is 2.29. The Morgan fingerprint density at radius 1 is 1.40 bits per heavy atom. The van der Waals surface area contributed by atoms with Crippen molar-refractivity contribution in [2.24, 2.45) is 16.1 Å². The highest BCUT2D eigenvalue weighted by molar-refractivity contribution is 5.60. The summed E-state index contributed by atoms with van der Waals surface area (Å²) in [6.07, 6.45) is 1.15. The lowest BCUT2D eigenvalue weighted by Gasteiger charge is -2.31. The molecule has 1 aromatic carbocycles. The highest BCUT2D eigenvalue weighted by atomic mass is 15.1. The summed E-state index contributed by atoms with van der Waals surface area (Å²) in [6.45, 7) is 3.43.